The molecule has 1 saturated heterocycles. The van der Waals surface area contributed by atoms with Crippen LogP contribution < -0.4 is 5.32 Å². The minimum Gasteiger partial charge on any atom is -0.394 e. The number of aliphatic hydroxyl groups is 5. The molecular formula is C78H141NO8. The van der Waals surface area contributed by atoms with Crippen LogP contribution in [-0.4, -0.2) is 87.5 Å². The van der Waals surface area contributed by atoms with Crippen LogP contribution in [0.4, 0.5) is 0 Å². The van der Waals surface area contributed by atoms with Crippen molar-refractivity contribution in [1.82, 2.24) is 5.32 Å². The van der Waals surface area contributed by atoms with Gasteiger partial charge in [-0.2, -0.15) is 0 Å². The van der Waals surface area contributed by atoms with Crippen molar-refractivity contribution in [2.24, 2.45) is 0 Å². The van der Waals surface area contributed by atoms with Crippen molar-refractivity contribution in [3.63, 3.8) is 0 Å². The van der Waals surface area contributed by atoms with E-state index in [0.29, 0.717) is 12.8 Å². The highest BCUT2D eigenvalue weighted by Crippen LogP contribution is 2.24. The first-order chi connectivity index (χ1) is 42.8. The van der Waals surface area contributed by atoms with E-state index in [9.17, 15) is 30.3 Å². The molecule has 0 radical (unpaired) electrons. The van der Waals surface area contributed by atoms with Crippen LogP contribution in [0.2, 0.25) is 0 Å². The van der Waals surface area contributed by atoms with Gasteiger partial charge in [-0.15, -0.1) is 0 Å². The summed E-state index contributed by atoms with van der Waals surface area (Å²) in [7, 11) is 0. The number of allylic oxidation sites excluding steroid dienone is 14. The average Bonchev–Trinajstić information content (AvgIpc) is 3.47. The van der Waals surface area contributed by atoms with Crippen molar-refractivity contribution in [1.29, 1.82) is 0 Å². The normalized spacial score (nSPS) is 18.4. The van der Waals surface area contributed by atoms with Crippen molar-refractivity contribution in [2.45, 2.75) is 391 Å². The third-order valence-corrected chi connectivity index (χ3v) is 17.5. The molecule has 506 valence electrons. The number of nitrogens with one attached hydrogen (secondary N) is 1. The molecule has 0 aromatic rings. The molecule has 1 aliphatic rings. The Kier molecular flexibility index (Phi) is 62.8. The molecule has 7 atom stereocenters. The number of unbranched alkanes of at least 4 members (excludes halogenated alkanes) is 41. The minimum absolute atomic E-state index is 0.139. The molecule has 9 nitrogen and oxygen atoms in total. The maximum Gasteiger partial charge on any atom is 0.220 e. The summed E-state index contributed by atoms with van der Waals surface area (Å²) in [6, 6.07) is -0.726. The molecule has 1 aliphatic heterocycles. The van der Waals surface area contributed by atoms with Gasteiger partial charge in [0, 0.05) is 6.42 Å². The Morgan fingerprint density at radius 2 is 0.713 bits per heavy atom. The van der Waals surface area contributed by atoms with Gasteiger partial charge in [0.15, 0.2) is 6.29 Å². The van der Waals surface area contributed by atoms with Crippen molar-refractivity contribution in [2.75, 3.05) is 13.2 Å². The Morgan fingerprint density at radius 1 is 0.402 bits per heavy atom. The monoisotopic (exact) mass is 1220 g/mol. The Labute approximate surface area is 537 Å². The summed E-state index contributed by atoms with van der Waals surface area (Å²) >= 11 is 0. The van der Waals surface area contributed by atoms with Crippen LogP contribution in [0.5, 0.6) is 0 Å². The predicted octanol–water partition coefficient (Wildman–Crippen LogP) is 20.9. The van der Waals surface area contributed by atoms with Crippen LogP contribution in [0.3, 0.4) is 0 Å². The first kappa shape index (κ1) is 82.4. The summed E-state index contributed by atoms with van der Waals surface area (Å²) in [6.45, 7) is 3.77. The third-order valence-electron chi connectivity index (χ3n) is 17.5. The molecule has 1 fully saturated rings. The fourth-order valence-electron chi connectivity index (χ4n) is 11.7. The molecule has 6 N–H and O–H groups in total. The van der Waals surface area contributed by atoms with Crippen LogP contribution in [0.15, 0.2) is 85.1 Å². The van der Waals surface area contributed by atoms with Crippen LogP contribution in [0.1, 0.15) is 348 Å². The fourth-order valence-corrected chi connectivity index (χ4v) is 11.7. The van der Waals surface area contributed by atoms with Crippen LogP contribution >= 0.6 is 0 Å². The SMILES string of the molecule is CC/C=C\C/C=C\C/C=C\C/C=C\C/C=C\C/C=C\C/C=C\CCCCCCCCCCCCCCCC(=O)NC(COC1OC(CO)C(O)C(O)C1O)C(O)CCCCCCCCCCCCCCCCCCCCCCCCCCCCCCC. The lowest BCUT2D eigenvalue weighted by atomic mass is 9.99. The van der Waals surface area contributed by atoms with E-state index >= 15 is 0 Å². The molecule has 0 bridgehead atoms. The van der Waals surface area contributed by atoms with E-state index in [1.807, 2.05) is 0 Å². The molecule has 0 aromatic carbocycles. The molecule has 9 heteroatoms. The fraction of sp³-hybridized carbons (Fsp3) is 0.808. The Balaban J connectivity index is 2.10. The van der Waals surface area contributed by atoms with Gasteiger partial charge in [0.1, 0.15) is 24.4 Å². The number of aliphatic hydroxyl groups excluding tert-OH is 5. The summed E-state index contributed by atoms with van der Waals surface area (Å²) in [5, 5.41) is 55.0. The number of carbonyl (C=O) groups excluding carboxylic acids is 1. The van der Waals surface area contributed by atoms with E-state index in [-0.39, 0.29) is 12.5 Å². The summed E-state index contributed by atoms with van der Waals surface area (Å²) in [5.41, 5.74) is 0. The summed E-state index contributed by atoms with van der Waals surface area (Å²) in [4.78, 5) is 13.2. The number of rotatable bonds is 65. The Bertz CT molecular complexity index is 1650. The number of amides is 1. The molecule has 0 aliphatic carbocycles. The zero-order chi connectivity index (χ0) is 62.8. The largest absolute Gasteiger partial charge is 0.394 e. The lowest BCUT2D eigenvalue weighted by Crippen LogP contribution is -2.60. The smallest absolute Gasteiger partial charge is 0.220 e. The van der Waals surface area contributed by atoms with Gasteiger partial charge in [-0.3, -0.25) is 4.79 Å². The van der Waals surface area contributed by atoms with Crippen LogP contribution in [0.25, 0.3) is 0 Å². The second kappa shape index (κ2) is 66.3. The number of hydrogen-bond donors (Lipinski definition) is 6. The van der Waals surface area contributed by atoms with Crippen LogP contribution in [0, 0.1) is 0 Å². The summed E-state index contributed by atoms with van der Waals surface area (Å²) < 4.78 is 11.4. The highest BCUT2D eigenvalue weighted by Gasteiger charge is 2.44. The number of carbonyl (C=O) groups is 1. The van der Waals surface area contributed by atoms with E-state index < -0.39 is 49.5 Å². The van der Waals surface area contributed by atoms with Crippen molar-refractivity contribution >= 4 is 5.91 Å². The maximum absolute atomic E-state index is 13.2. The quantitative estimate of drug-likeness (QED) is 0.0261. The van der Waals surface area contributed by atoms with Gasteiger partial charge >= 0.3 is 0 Å². The maximum atomic E-state index is 13.2. The zero-order valence-electron chi connectivity index (χ0n) is 56.8. The topological polar surface area (TPSA) is 149 Å². The van der Waals surface area contributed by atoms with Gasteiger partial charge in [-0.25, -0.2) is 0 Å². The Morgan fingerprint density at radius 3 is 1.06 bits per heavy atom. The standard InChI is InChI=1S/C78H141NO8/c1-3-5-7-9-11-13-15-17-19-21-23-25-27-29-31-33-34-35-36-37-38-40-42-44-46-48-50-52-54-56-58-60-62-64-66-68-74(82)79-71(70-86-78-77(85)76(84)75(83)73(69-80)87-78)72(81)67-65-63-61-59-57-55-53-51-49-47-45-43-41-39-32-30-28-26-24-22-20-18-16-14-12-10-8-6-4-2/h5,7,11,13,17,19,23,25,29,31,34-35,37-38,71-73,75-78,80-81,83-85H,3-4,6,8-10,12,14-16,18,20-22,24,26-28,30,32-33,36,39-70H2,1-2H3,(H,79,82)/b7-5-,13-11-,19-17-,25-23-,31-29-,35-34-,38-37-. The van der Waals surface area contributed by atoms with E-state index in [4.69, 9.17) is 9.47 Å². The summed E-state index contributed by atoms with van der Waals surface area (Å²) in [6.07, 6.45) is 88.0. The van der Waals surface area contributed by atoms with E-state index in [1.165, 1.54) is 238 Å². The first-order valence-electron chi connectivity index (χ1n) is 37.3. The van der Waals surface area contributed by atoms with Gasteiger partial charge in [0.25, 0.3) is 0 Å². The predicted molar refractivity (Wildman–Crippen MR) is 373 cm³/mol. The molecule has 1 heterocycles. The molecule has 1 amide bonds. The van der Waals surface area contributed by atoms with Gasteiger partial charge < -0.3 is 40.3 Å². The lowest BCUT2D eigenvalue weighted by Gasteiger charge is -2.40. The van der Waals surface area contributed by atoms with Gasteiger partial charge in [-0.05, 0) is 70.6 Å². The lowest BCUT2D eigenvalue weighted by molar-refractivity contribution is -0.302. The molecule has 87 heavy (non-hydrogen) atoms. The Hall–Kier alpha value is -2.63. The molecular weight excluding hydrogens is 1080 g/mol. The van der Waals surface area contributed by atoms with Gasteiger partial charge in [-0.1, -0.05) is 356 Å². The molecule has 0 saturated carbocycles. The highest BCUT2D eigenvalue weighted by atomic mass is 16.7. The second-order valence-electron chi connectivity index (χ2n) is 25.7. The average molecular weight is 1220 g/mol. The van der Waals surface area contributed by atoms with E-state index in [1.54, 1.807) is 0 Å². The zero-order valence-corrected chi connectivity index (χ0v) is 56.8. The van der Waals surface area contributed by atoms with Crippen LogP contribution in [-0.2, 0) is 14.3 Å². The highest BCUT2D eigenvalue weighted by molar-refractivity contribution is 5.76. The van der Waals surface area contributed by atoms with Crippen molar-refractivity contribution < 1.29 is 39.8 Å². The van der Waals surface area contributed by atoms with Crippen molar-refractivity contribution in [3.05, 3.63) is 85.1 Å². The van der Waals surface area contributed by atoms with Gasteiger partial charge in [0.2, 0.25) is 5.91 Å². The van der Waals surface area contributed by atoms with Crippen molar-refractivity contribution in [3.8, 4) is 0 Å². The number of ether oxygens (including phenoxy) is 2. The second-order valence-corrected chi connectivity index (χ2v) is 25.7. The van der Waals surface area contributed by atoms with Gasteiger partial charge in [0.05, 0.1) is 25.4 Å². The summed E-state index contributed by atoms with van der Waals surface area (Å²) in [5.74, 6) is -0.143. The first-order valence-corrected chi connectivity index (χ1v) is 37.3. The molecule has 0 spiro atoms. The van der Waals surface area contributed by atoms with E-state index in [2.05, 4.69) is 104 Å². The third kappa shape index (κ3) is 54.8. The molecule has 0 aromatic heterocycles. The molecule has 7 unspecified atom stereocenters. The minimum atomic E-state index is -1.56. The molecule has 1 rings (SSSR count). The number of hydrogen-bond acceptors (Lipinski definition) is 8. The van der Waals surface area contributed by atoms with E-state index in [0.717, 1.165) is 83.5 Å².